The van der Waals surface area contributed by atoms with E-state index in [1.165, 1.54) is 4.90 Å². The van der Waals surface area contributed by atoms with Gasteiger partial charge in [0.25, 0.3) is 0 Å². The summed E-state index contributed by atoms with van der Waals surface area (Å²) in [5.41, 5.74) is -0.536. The Morgan fingerprint density at radius 1 is 1.23 bits per heavy atom. The Morgan fingerprint density at radius 3 is 2.73 bits per heavy atom. The van der Waals surface area contributed by atoms with Crippen LogP contribution in [0.3, 0.4) is 0 Å². The highest BCUT2D eigenvalue weighted by atomic mass is 32.2. The van der Waals surface area contributed by atoms with Crippen LogP contribution in [-0.4, -0.2) is 39.0 Å². The topological polar surface area (TPSA) is 44.8 Å². The smallest absolute Gasteiger partial charge is 0.172 e. The summed E-state index contributed by atoms with van der Waals surface area (Å²) in [5.74, 6) is 0.450. The number of hydrogen-bond donors (Lipinski definition) is 0. The number of carbonyl (C=O) groups is 1. The summed E-state index contributed by atoms with van der Waals surface area (Å²) >= 11 is 1.66. The molecule has 0 radical (unpaired) electrons. The molecule has 2 aliphatic rings. The van der Waals surface area contributed by atoms with Crippen LogP contribution in [0, 0.1) is 16.7 Å². The van der Waals surface area contributed by atoms with Gasteiger partial charge in [0.1, 0.15) is 12.9 Å². The van der Waals surface area contributed by atoms with Gasteiger partial charge in [0.2, 0.25) is 0 Å². The first-order chi connectivity index (χ1) is 12.5. The maximum atomic E-state index is 13.2. The molecule has 0 aromatic heterocycles. The average Bonchev–Trinajstić information content (AvgIpc) is 2.97. The zero-order chi connectivity index (χ0) is 18.6. The predicted molar refractivity (Wildman–Crippen MR) is 103 cm³/mol. The largest absolute Gasteiger partial charge is 0.382 e. The molecular weight excluding hydrogens is 348 g/mol. The Morgan fingerprint density at radius 2 is 2.00 bits per heavy atom. The fourth-order valence-electron chi connectivity index (χ4n) is 4.43. The van der Waals surface area contributed by atoms with Gasteiger partial charge >= 0.3 is 0 Å². The number of Topliss-reactive ketones (excluding diaryl/α,β-unsaturated/α-hetero) is 1. The minimum Gasteiger partial charge on any atom is -0.382 e. The molecule has 2 saturated carbocycles. The van der Waals surface area contributed by atoms with Crippen molar-refractivity contribution in [1.82, 2.24) is 0 Å². The lowest BCUT2D eigenvalue weighted by molar-refractivity contribution is -0.150. The summed E-state index contributed by atoms with van der Waals surface area (Å²) in [7, 11) is 1.63. The number of hydrogen-bond acceptors (Lipinski definition) is 5. The van der Waals surface area contributed by atoms with Gasteiger partial charge in [-0.1, -0.05) is 49.9 Å². The van der Waals surface area contributed by atoms with E-state index in [0.29, 0.717) is 13.2 Å². The summed E-state index contributed by atoms with van der Waals surface area (Å²) in [6, 6.07) is 10.2. The third-order valence-corrected chi connectivity index (χ3v) is 6.87. The Bertz CT molecular complexity index is 643. The van der Waals surface area contributed by atoms with Crippen molar-refractivity contribution in [3.63, 3.8) is 0 Å². The van der Waals surface area contributed by atoms with Crippen LogP contribution in [0.25, 0.3) is 0 Å². The first kappa shape index (κ1) is 19.6. The van der Waals surface area contributed by atoms with Crippen molar-refractivity contribution in [2.24, 2.45) is 16.7 Å². The molecular formula is C21H28O4S. The SMILES string of the molecule is COCCOCOC1C(=O)C2(/C=C\Sc3ccccc3)CCC1C2(C)C. The summed E-state index contributed by atoms with van der Waals surface area (Å²) in [5, 5.41) is 2.08. The van der Waals surface area contributed by atoms with Crippen molar-refractivity contribution >= 4 is 17.5 Å². The van der Waals surface area contributed by atoms with Crippen LogP contribution in [0.1, 0.15) is 26.7 Å². The molecule has 1 aromatic rings. The standard InChI is InChI=1S/C21H28O4S/c1-20(2)17-9-10-21(20,11-14-26-16-7-5-4-6-8-16)19(22)18(17)25-15-24-13-12-23-3/h4-8,11,14,17-18H,9-10,12-13,15H2,1-3H3/b14-11-. The minimum absolute atomic E-state index is 0.102. The fraction of sp³-hybridized carbons (Fsp3) is 0.571. The lowest BCUT2D eigenvalue weighted by Gasteiger charge is -2.33. The molecule has 3 rings (SSSR count). The lowest BCUT2D eigenvalue weighted by Crippen LogP contribution is -2.37. The van der Waals surface area contributed by atoms with E-state index in [0.717, 1.165) is 12.8 Å². The number of fused-ring (bicyclic) bond motifs is 2. The number of benzene rings is 1. The summed E-state index contributed by atoms with van der Waals surface area (Å²) in [6.45, 7) is 5.56. The number of rotatable bonds is 9. The first-order valence-corrected chi connectivity index (χ1v) is 10.0. The van der Waals surface area contributed by atoms with Crippen LogP contribution in [0.4, 0.5) is 0 Å². The van der Waals surface area contributed by atoms with Crippen molar-refractivity contribution in [2.45, 2.75) is 37.7 Å². The van der Waals surface area contributed by atoms with Crippen LogP contribution in [0.5, 0.6) is 0 Å². The van der Waals surface area contributed by atoms with Crippen LogP contribution in [0.15, 0.2) is 46.7 Å². The molecule has 0 amide bonds. The number of allylic oxidation sites excluding steroid dienone is 1. The predicted octanol–water partition coefficient (Wildman–Crippen LogP) is 4.30. The maximum absolute atomic E-state index is 13.2. The Balaban J connectivity index is 1.67. The van der Waals surface area contributed by atoms with Gasteiger partial charge in [0.15, 0.2) is 5.78 Å². The van der Waals surface area contributed by atoms with Gasteiger partial charge < -0.3 is 14.2 Å². The van der Waals surface area contributed by atoms with E-state index in [4.69, 9.17) is 14.2 Å². The summed E-state index contributed by atoms with van der Waals surface area (Å²) in [6.07, 6.45) is 3.68. The van der Waals surface area contributed by atoms with Crippen molar-refractivity contribution < 1.29 is 19.0 Å². The molecule has 26 heavy (non-hydrogen) atoms. The number of carbonyl (C=O) groups excluding carboxylic acids is 1. The molecule has 2 aliphatic carbocycles. The van der Waals surface area contributed by atoms with Gasteiger partial charge in [-0.25, -0.2) is 0 Å². The molecule has 0 saturated heterocycles. The van der Waals surface area contributed by atoms with Crippen LogP contribution < -0.4 is 0 Å². The second-order valence-corrected chi connectivity index (χ2v) is 8.52. The molecule has 0 aliphatic heterocycles. The van der Waals surface area contributed by atoms with Crippen LogP contribution in [-0.2, 0) is 19.0 Å². The molecule has 5 heteroatoms. The maximum Gasteiger partial charge on any atom is 0.172 e. The molecule has 3 unspecified atom stereocenters. The second-order valence-electron chi connectivity index (χ2n) is 7.54. The summed E-state index contributed by atoms with van der Waals surface area (Å²) in [4.78, 5) is 14.4. The van der Waals surface area contributed by atoms with Crippen molar-refractivity contribution in [1.29, 1.82) is 0 Å². The fourth-order valence-corrected chi connectivity index (χ4v) is 5.20. The molecule has 1 aromatic carbocycles. The van der Waals surface area contributed by atoms with E-state index in [9.17, 15) is 4.79 Å². The van der Waals surface area contributed by atoms with Crippen LogP contribution in [0.2, 0.25) is 0 Å². The van der Waals surface area contributed by atoms with Crippen LogP contribution >= 0.6 is 11.8 Å². The second kappa shape index (κ2) is 8.26. The zero-order valence-electron chi connectivity index (χ0n) is 15.8. The highest BCUT2D eigenvalue weighted by molar-refractivity contribution is 8.02. The van der Waals surface area contributed by atoms with E-state index in [1.54, 1.807) is 18.9 Å². The quantitative estimate of drug-likeness (QED) is 0.365. The van der Waals surface area contributed by atoms with E-state index in [1.807, 2.05) is 18.2 Å². The molecule has 142 valence electrons. The van der Waals surface area contributed by atoms with Gasteiger partial charge in [-0.15, -0.1) is 0 Å². The van der Waals surface area contributed by atoms with E-state index in [-0.39, 0.29) is 30.0 Å². The number of thioether (sulfide) groups is 1. The Labute approximate surface area is 160 Å². The molecule has 0 heterocycles. The summed E-state index contributed by atoms with van der Waals surface area (Å²) < 4.78 is 16.2. The Hall–Kier alpha value is -1.14. The van der Waals surface area contributed by atoms with Gasteiger partial charge in [-0.2, -0.15) is 0 Å². The zero-order valence-corrected chi connectivity index (χ0v) is 16.6. The first-order valence-electron chi connectivity index (χ1n) is 9.15. The normalized spacial score (nSPS) is 29.7. The number of ketones is 1. The van der Waals surface area contributed by atoms with Gasteiger partial charge in [0, 0.05) is 12.0 Å². The lowest BCUT2D eigenvalue weighted by atomic mass is 9.69. The molecule has 0 N–H and O–H groups in total. The Kier molecular flexibility index (Phi) is 6.23. The molecule has 0 spiro atoms. The molecule has 4 nitrogen and oxygen atoms in total. The minimum atomic E-state index is -0.434. The van der Waals surface area contributed by atoms with Gasteiger partial charge in [-0.3, -0.25) is 4.79 Å². The van der Waals surface area contributed by atoms with E-state index >= 15 is 0 Å². The van der Waals surface area contributed by atoms with Crippen molar-refractivity contribution in [3.05, 3.63) is 41.8 Å². The number of ether oxygens (including phenoxy) is 3. The van der Waals surface area contributed by atoms with Gasteiger partial charge in [0.05, 0.1) is 18.6 Å². The third kappa shape index (κ3) is 3.50. The monoisotopic (exact) mass is 376 g/mol. The average molecular weight is 377 g/mol. The molecule has 2 bridgehead atoms. The molecule has 3 atom stereocenters. The highest BCUT2D eigenvalue weighted by Crippen LogP contribution is 2.65. The van der Waals surface area contributed by atoms with Crippen molar-refractivity contribution in [3.8, 4) is 0 Å². The van der Waals surface area contributed by atoms with E-state index in [2.05, 4.69) is 37.5 Å². The third-order valence-electron chi connectivity index (χ3n) is 6.05. The van der Waals surface area contributed by atoms with Gasteiger partial charge in [-0.05, 0) is 41.7 Å². The highest BCUT2D eigenvalue weighted by Gasteiger charge is 2.68. The molecule has 2 fully saturated rings. The van der Waals surface area contributed by atoms with E-state index < -0.39 is 5.41 Å². The van der Waals surface area contributed by atoms with Crippen molar-refractivity contribution in [2.75, 3.05) is 27.1 Å². The number of methoxy groups -OCH3 is 1.